The molecule has 3 rings (SSSR count). The molecule has 1 aliphatic rings. The fourth-order valence-electron chi connectivity index (χ4n) is 2.90. The Kier molecular flexibility index (Phi) is 2.60. The first-order chi connectivity index (χ1) is 8.27. The van der Waals surface area contributed by atoms with Crippen molar-refractivity contribution in [2.24, 2.45) is 0 Å². The lowest BCUT2D eigenvalue weighted by molar-refractivity contribution is 0.140. The fraction of sp³-hybridized carbons (Fsp3) is 0.462. The number of fused-ring (bicyclic) bond motifs is 1. The van der Waals surface area contributed by atoms with Crippen molar-refractivity contribution in [2.75, 3.05) is 6.61 Å². The quantitative estimate of drug-likeness (QED) is 0.890. The molecule has 0 atom stereocenters. The third kappa shape index (κ3) is 1.57. The predicted molar refractivity (Wildman–Crippen MR) is 68.3 cm³/mol. The number of nitrogens with zero attached hydrogens (tertiary/aromatic N) is 2. The Balaban J connectivity index is 2.20. The van der Waals surface area contributed by atoms with Crippen LogP contribution in [-0.2, 0) is 5.54 Å². The van der Waals surface area contributed by atoms with Crippen molar-refractivity contribution in [3.8, 4) is 0 Å². The van der Waals surface area contributed by atoms with E-state index in [-0.39, 0.29) is 12.1 Å². The Morgan fingerprint density at radius 2 is 2.12 bits per heavy atom. The third-order valence-electron chi connectivity index (χ3n) is 3.87. The normalized spacial score (nSPS) is 18.9. The standard InChI is InChI=1S/C13H15ClN2O/c14-11-3-7-15-12-10(11)4-8-16(12)13(9-17)5-1-2-6-13/h3-4,7-8,17H,1-2,5-6,9H2. The molecule has 2 heterocycles. The summed E-state index contributed by atoms with van der Waals surface area (Å²) < 4.78 is 2.11. The van der Waals surface area contributed by atoms with Crippen molar-refractivity contribution < 1.29 is 5.11 Å². The van der Waals surface area contributed by atoms with Gasteiger partial charge in [-0.2, -0.15) is 0 Å². The van der Waals surface area contributed by atoms with E-state index < -0.39 is 0 Å². The fourth-order valence-corrected chi connectivity index (χ4v) is 3.10. The molecule has 2 aromatic rings. The van der Waals surface area contributed by atoms with Gasteiger partial charge < -0.3 is 9.67 Å². The molecule has 4 heteroatoms. The molecular weight excluding hydrogens is 236 g/mol. The van der Waals surface area contributed by atoms with Crippen LogP contribution in [0.4, 0.5) is 0 Å². The van der Waals surface area contributed by atoms with Gasteiger partial charge in [0.1, 0.15) is 5.65 Å². The Morgan fingerprint density at radius 3 is 2.82 bits per heavy atom. The van der Waals surface area contributed by atoms with E-state index in [0.29, 0.717) is 0 Å². The maximum Gasteiger partial charge on any atom is 0.141 e. The van der Waals surface area contributed by atoms with Crippen molar-refractivity contribution >= 4 is 22.6 Å². The van der Waals surface area contributed by atoms with Gasteiger partial charge in [-0.1, -0.05) is 24.4 Å². The SMILES string of the molecule is OCC1(n2ccc3c(Cl)ccnc32)CCCC1. The highest BCUT2D eigenvalue weighted by atomic mass is 35.5. The van der Waals surface area contributed by atoms with Gasteiger partial charge in [-0.25, -0.2) is 4.98 Å². The topological polar surface area (TPSA) is 38.0 Å². The van der Waals surface area contributed by atoms with Gasteiger partial charge in [-0.05, 0) is 25.0 Å². The molecule has 0 saturated heterocycles. The Hall–Kier alpha value is -1.06. The summed E-state index contributed by atoms with van der Waals surface area (Å²) in [7, 11) is 0. The second-order valence-corrected chi connectivity index (χ2v) is 5.21. The van der Waals surface area contributed by atoms with Crippen molar-refractivity contribution in [3.63, 3.8) is 0 Å². The van der Waals surface area contributed by atoms with Crippen LogP contribution in [0.25, 0.3) is 11.0 Å². The number of pyridine rings is 1. The molecule has 0 unspecified atom stereocenters. The minimum Gasteiger partial charge on any atom is -0.394 e. The molecule has 0 aromatic carbocycles. The van der Waals surface area contributed by atoms with Crippen LogP contribution in [0.3, 0.4) is 0 Å². The van der Waals surface area contributed by atoms with Gasteiger partial charge in [0.05, 0.1) is 17.2 Å². The number of rotatable bonds is 2. The number of aromatic nitrogens is 2. The first-order valence-electron chi connectivity index (χ1n) is 6.00. The monoisotopic (exact) mass is 250 g/mol. The summed E-state index contributed by atoms with van der Waals surface area (Å²) in [6, 6.07) is 3.79. The molecule has 2 aromatic heterocycles. The molecule has 0 bridgehead atoms. The molecule has 1 aliphatic carbocycles. The summed E-state index contributed by atoms with van der Waals surface area (Å²) in [4.78, 5) is 4.41. The first-order valence-corrected chi connectivity index (χ1v) is 6.38. The van der Waals surface area contributed by atoms with Crippen molar-refractivity contribution in [2.45, 2.75) is 31.2 Å². The Morgan fingerprint density at radius 1 is 1.35 bits per heavy atom. The van der Waals surface area contributed by atoms with Gasteiger partial charge in [0.15, 0.2) is 0 Å². The van der Waals surface area contributed by atoms with E-state index in [1.807, 2.05) is 12.3 Å². The third-order valence-corrected chi connectivity index (χ3v) is 4.20. The molecule has 0 amide bonds. The molecule has 3 nitrogen and oxygen atoms in total. The second kappa shape index (κ2) is 4.00. The minimum absolute atomic E-state index is 0.167. The summed E-state index contributed by atoms with van der Waals surface area (Å²) in [5, 5.41) is 11.4. The second-order valence-electron chi connectivity index (χ2n) is 4.81. The summed E-state index contributed by atoms with van der Waals surface area (Å²) in [5.74, 6) is 0. The minimum atomic E-state index is -0.167. The van der Waals surface area contributed by atoms with E-state index in [1.165, 1.54) is 12.8 Å². The van der Waals surface area contributed by atoms with E-state index in [9.17, 15) is 5.11 Å². The molecule has 0 radical (unpaired) electrons. The Labute approximate surface area is 105 Å². The lowest BCUT2D eigenvalue weighted by Gasteiger charge is -2.29. The smallest absolute Gasteiger partial charge is 0.141 e. The molecule has 17 heavy (non-hydrogen) atoms. The van der Waals surface area contributed by atoms with Crippen LogP contribution in [0.1, 0.15) is 25.7 Å². The summed E-state index contributed by atoms with van der Waals surface area (Å²) in [5.41, 5.74) is 0.716. The number of aliphatic hydroxyl groups is 1. The Bertz CT molecular complexity index is 543. The largest absolute Gasteiger partial charge is 0.394 e. The van der Waals surface area contributed by atoms with Crippen LogP contribution in [0.5, 0.6) is 0 Å². The zero-order chi connectivity index (χ0) is 11.9. The zero-order valence-electron chi connectivity index (χ0n) is 9.56. The first kappa shape index (κ1) is 11.1. The van der Waals surface area contributed by atoms with Crippen molar-refractivity contribution in [1.82, 2.24) is 9.55 Å². The van der Waals surface area contributed by atoms with Crippen LogP contribution in [0.2, 0.25) is 5.02 Å². The maximum absolute atomic E-state index is 9.74. The van der Waals surface area contributed by atoms with Crippen LogP contribution in [-0.4, -0.2) is 21.3 Å². The molecule has 1 N–H and O–H groups in total. The highest BCUT2D eigenvalue weighted by Gasteiger charge is 2.35. The molecule has 90 valence electrons. The predicted octanol–water partition coefficient (Wildman–Crippen LogP) is 2.95. The van der Waals surface area contributed by atoms with Gasteiger partial charge in [0, 0.05) is 17.8 Å². The summed E-state index contributed by atoms with van der Waals surface area (Å²) >= 11 is 6.15. The maximum atomic E-state index is 9.74. The van der Waals surface area contributed by atoms with Gasteiger partial charge in [0.25, 0.3) is 0 Å². The number of halogens is 1. The highest BCUT2D eigenvalue weighted by Crippen LogP contribution is 2.39. The van der Waals surface area contributed by atoms with Gasteiger partial charge in [0.2, 0.25) is 0 Å². The zero-order valence-corrected chi connectivity index (χ0v) is 10.3. The molecular formula is C13H15ClN2O. The van der Waals surface area contributed by atoms with Crippen LogP contribution >= 0.6 is 11.6 Å². The average Bonchev–Trinajstić information content (AvgIpc) is 2.96. The lowest BCUT2D eigenvalue weighted by atomic mass is 9.99. The van der Waals surface area contributed by atoms with Crippen LogP contribution in [0.15, 0.2) is 24.5 Å². The van der Waals surface area contributed by atoms with E-state index in [1.54, 1.807) is 12.3 Å². The van der Waals surface area contributed by atoms with Crippen molar-refractivity contribution in [1.29, 1.82) is 0 Å². The molecule has 1 saturated carbocycles. The number of hydrogen-bond donors (Lipinski definition) is 1. The van der Waals surface area contributed by atoms with Gasteiger partial charge in [-0.15, -0.1) is 0 Å². The molecule has 0 spiro atoms. The van der Waals surface area contributed by atoms with E-state index in [2.05, 4.69) is 9.55 Å². The van der Waals surface area contributed by atoms with Gasteiger partial charge >= 0.3 is 0 Å². The van der Waals surface area contributed by atoms with Crippen LogP contribution in [0, 0.1) is 0 Å². The molecule has 0 aliphatic heterocycles. The highest BCUT2D eigenvalue weighted by molar-refractivity contribution is 6.35. The molecule has 1 fully saturated rings. The van der Waals surface area contributed by atoms with Crippen molar-refractivity contribution in [3.05, 3.63) is 29.5 Å². The number of hydrogen-bond acceptors (Lipinski definition) is 2. The number of aliphatic hydroxyl groups excluding tert-OH is 1. The summed E-state index contributed by atoms with van der Waals surface area (Å²) in [6.45, 7) is 0.172. The van der Waals surface area contributed by atoms with E-state index in [0.717, 1.165) is 28.9 Å². The van der Waals surface area contributed by atoms with Gasteiger partial charge in [-0.3, -0.25) is 0 Å². The lowest BCUT2D eigenvalue weighted by Crippen LogP contribution is -2.33. The average molecular weight is 251 g/mol. The van der Waals surface area contributed by atoms with E-state index in [4.69, 9.17) is 11.6 Å². The van der Waals surface area contributed by atoms with Crippen LogP contribution < -0.4 is 0 Å². The van der Waals surface area contributed by atoms with E-state index >= 15 is 0 Å². The summed E-state index contributed by atoms with van der Waals surface area (Å²) in [6.07, 6.45) is 8.09.